The Morgan fingerprint density at radius 3 is 2.14 bits per heavy atom. The SMILES string of the molecule is O=C(Cn1c2ccccc2c(=O)c2ccccc21)N/N=C\c1ccccc1O. The lowest BCUT2D eigenvalue weighted by Gasteiger charge is -2.14. The number of carbonyl (C=O) groups excluding carboxylic acids is 1. The van der Waals surface area contributed by atoms with E-state index in [9.17, 15) is 14.7 Å². The molecule has 1 heterocycles. The Kier molecular flexibility index (Phi) is 4.60. The van der Waals surface area contributed by atoms with E-state index in [4.69, 9.17) is 0 Å². The minimum absolute atomic E-state index is 0.000577. The molecule has 1 amide bonds. The number of fused-ring (bicyclic) bond motifs is 2. The number of phenols is 1. The van der Waals surface area contributed by atoms with E-state index < -0.39 is 0 Å². The van der Waals surface area contributed by atoms with E-state index in [0.29, 0.717) is 27.4 Å². The largest absolute Gasteiger partial charge is 0.507 e. The van der Waals surface area contributed by atoms with Crippen molar-refractivity contribution in [3.8, 4) is 5.75 Å². The second-order valence-corrected chi connectivity index (χ2v) is 6.30. The summed E-state index contributed by atoms with van der Waals surface area (Å²) in [5.41, 5.74) is 4.29. The lowest BCUT2D eigenvalue weighted by atomic mass is 10.1. The first-order valence-corrected chi connectivity index (χ1v) is 8.75. The number of hydrogen-bond donors (Lipinski definition) is 2. The molecule has 6 heteroatoms. The van der Waals surface area contributed by atoms with Gasteiger partial charge in [0, 0.05) is 16.3 Å². The number of aromatic nitrogens is 1. The van der Waals surface area contributed by atoms with Crippen LogP contribution in [0, 0.1) is 0 Å². The van der Waals surface area contributed by atoms with Crippen LogP contribution in [0.1, 0.15) is 5.56 Å². The molecule has 0 aliphatic rings. The minimum atomic E-state index is -0.342. The van der Waals surface area contributed by atoms with Gasteiger partial charge in [0.1, 0.15) is 12.3 Å². The summed E-state index contributed by atoms with van der Waals surface area (Å²) < 4.78 is 1.80. The van der Waals surface area contributed by atoms with Gasteiger partial charge in [0.05, 0.1) is 17.2 Å². The molecule has 6 nitrogen and oxygen atoms in total. The summed E-state index contributed by atoms with van der Waals surface area (Å²) in [4.78, 5) is 25.2. The van der Waals surface area contributed by atoms with Crippen LogP contribution < -0.4 is 10.9 Å². The molecule has 0 aliphatic heterocycles. The van der Waals surface area contributed by atoms with E-state index in [1.807, 2.05) is 24.3 Å². The van der Waals surface area contributed by atoms with Crippen molar-refractivity contribution in [3.63, 3.8) is 0 Å². The van der Waals surface area contributed by atoms with Gasteiger partial charge in [-0.2, -0.15) is 5.10 Å². The first kappa shape index (κ1) is 17.5. The highest BCUT2D eigenvalue weighted by Crippen LogP contribution is 2.19. The molecule has 28 heavy (non-hydrogen) atoms. The third-order valence-corrected chi connectivity index (χ3v) is 4.51. The van der Waals surface area contributed by atoms with Crippen LogP contribution in [0.3, 0.4) is 0 Å². The average molecular weight is 371 g/mol. The first-order chi connectivity index (χ1) is 13.6. The molecule has 4 rings (SSSR count). The number of benzene rings is 3. The lowest BCUT2D eigenvalue weighted by Crippen LogP contribution is -2.25. The maximum atomic E-state index is 12.7. The zero-order valence-corrected chi connectivity index (χ0v) is 14.9. The van der Waals surface area contributed by atoms with Gasteiger partial charge in [0.15, 0.2) is 5.43 Å². The fraction of sp³-hybridized carbons (Fsp3) is 0.0455. The highest BCUT2D eigenvalue weighted by atomic mass is 16.3. The molecule has 1 aromatic heterocycles. The summed E-state index contributed by atoms with van der Waals surface area (Å²) in [7, 11) is 0. The number of nitrogens with one attached hydrogen (secondary N) is 1. The van der Waals surface area contributed by atoms with Gasteiger partial charge >= 0.3 is 0 Å². The summed E-state index contributed by atoms with van der Waals surface area (Å²) in [6, 6.07) is 21.1. The number of phenolic OH excluding ortho intramolecular Hbond substituents is 1. The van der Waals surface area contributed by atoms with Gasteiger partial charge in [0.25, 0.3) is 5.91 Å². The second kappa shape index (κ2) is 7.36. The maximum Gasteiger partial charge on any atom is 0.260 e. The van der Waals surface area contributed by atoms with E-state index in [1.54, 1.807) is 53.1 Å². The third-order valence-electron chi connectivity index (χ3n) is 4.51. The molecule has 0 radical (unpaired) electrons. The molecule has 2 N–H and O–H groups in total. The number of aromatic hydroxyl groups is 1. The quantitative estimate of drug-likeness (QED) is 0.329. The predicted octanol–water partition coefficient (Wildman–Crippen LogP) is 3.01. The molecular formula is C22H17N3O3. The van der Waals surface area contributed by atoms with Crippen LogP contribution >= 0.6 is 0 Å². The number of nitrogens with zero attached hydrogens (tertiary/aromatic N) is 2. The summed E-state index contributed by atoms with van der Waals surface area (Å²) in [6.07, 6.45) is 1.38. The van der Waals surface area contributed by atoms with Gasteiger partial charge in [-0.3, -0.25) is 9.59 Å². The van der Waals surface area contributed by atoms with E-state index in [2.05, 4.69) is 10.5 Å². The molecule has 138 valence electrons. The number of rotatable bonds is 4. The summed E-state index contributed by atoms with van der Waals surface area (Å²) in [5.74, 6) is -0.261. The molecule has 0 unspecified atom stereocenters. The van der Waals surface area contributed by atoms with Gasteiger partial charge in [-0.15, -0.1) is 0 Å². The second-order valence-electron chi connectivity index (χ2n) is 6.30. The first-order valence-electron chi connectivity index (χ1n) is 8.75. The van der Waals surface area contributed by atoms with E-state index in [1.165, 1.54) is 6.21 Å². The van der Waals surface area contributed by atoms with Gasteiger partial charge in [0.2, 0.25) is 0 Å². The van der Waals surface area contributed by atoms with Crippen molar-refractivity contribution in [2.75, 3.05) is 0 Å². The Morgan fingerprint density at radius 1 is 0.929 bits per heavy atom. The smallest absolute Gasteiger partial charge is 0.260 e. The van der Waals surface area contributed by atoms with Crippen molar-refractivity contribution in [1.29, 1.82) is 0 Å². The standard InChI is InChI=1S/C22H17N3O3/c26-20-12-6-1-7-15(20)13-23-24-21(27)14-25-18-10-4-2-8-16(18)22(28)17-9-3-5-11-19(17)25/h1-13,26H,14H2,(H,24,27)/b23-13-. The normalized spacial score (nSPS) is 11.3. The Hall–Kier alpha value is -3.93. The number of hydrogen-bond acceptors (Lipinski definition) is 4. The van der Waals surface area contributed by atoms with E-state index in [0.717, 1.165) is 0 Å². The lowest BCUT2D eigenvalue weighted by molar-refractivity contribution is -0.121. The number of pyridine rings is 1. The number of hydrazone groups is 1. The average Bonchev–Trinajstić information content (AvgIpc) is 2.72. The van der Waals surface area contributed by atoms with Crippen LogP contribution in [0.15, 0.2) is 82.7 Å². The zero-order chi connectivity index (χ0) is 19.5. The molecule has 4 aromatic rings. The number of amides is 1. The molecule has 0 fully saturated rings. The van der Waals surface area contributed by atoms with Crippen LogP contribution in [-0.4, -0.2) is 21.8 Å². The molecule has 0 saturated heterocycles. The summed E-state index contributed by atoms with van der Waals surface area (Å²) in [5, 5.41) is 14.8. The van der Waals surface area contributed by atoms with Crippen molar-refractivity contribution in [1.82, 2.24) is 9.99 Å². The molecule has 0 aliphatic carbocycles. The predicted molar refractivity (Wildman–Crippen MR) is 110 cm³/mol. The van der Waals surface area contributed by atoms with Gasteiger partial charge in [-0.25, -0.2) is 5.43 Å². The van der Waals surface area contributed by atoms with E-state index >= 15 is 0 Å². The third kappa shape index (κ3) is 3.23. The molecule has 0 bridgehead atoms. The van der Waals surface area contributed by atoms with E-state index in [-0.39, 0.29) is 23.6 Å². The van der Waals surface area contributed by atoms with Crippen molar-refractivity contribution in [3.05, 3.63) is 88.6 Å². The highest BCUT2D eigenvalue weighted by Gasteiger charge is 2.12. The van der Waals surface area contributed by atoms with Crippen LogP contribution in [0.5, 0.6) is 5.75 Å². The van der Waals surface area contributed by atoms with Crippen molar-refractivity contribution < 1.29 is 9.90 Å². The van der Waals surface area contributed by atoms with Crippen LogP contribution in [0.2, 0.25) is 0 Å². The molecular weight excluding hydrogens is 354 g/mol. The Morgan fingerprint density at radius 2 is 1.50 bits per heavy atom. The molecule has 3 aromatic carbocycles. The Labute approximate surface area is 160 Å². The fourth-order valence-electron chi connectivity index (χ4n) is 3.20. The van der Waals surface area contributed by atoms with Gasteiger partial charge in [-0.1, -0.05) is 36.4 Å². The van der Waals surface area contributed by atoms with Crippen LogP contribution in [0.4, 0.5) is 0 Å². The maximum absolute atomic E-state index is 12.7. The highest BCUT2D eigenvalue weighted by molar-refractivity contribution is 5.95. The molecule has 0 atom stereocenters. The van der Waals surface area contributed by atoms with Crippen LogP contribution in [-0.2, 0) is 11.3 Å². The Balaban J connectivity index is 1.67. The van der Waals surface area contributed by atoms with Crippen molar-refractivity contribution in [2.45, 2.75) is 6.54 Å². The topological polar surface area (TPSA) is 83.7 Å². The summed E-state index contributed by atoms with van der Waals surface area (Å²) in [6.45, 7) is -0.000577. The number of carbonyl (C=O) groups is 1. The monoisotopic (exact) mass is 371 g/mol. The number of para-hydroxylation sites is 3. The summed E-state index contributed by atoms with van der Waals surface area (Å²) >= 11 is 0. The Bertz CT molecular complexity index is 1210. The van der Waals surface area contributed by atoms with Gasteiger partial charge < -0.3 is 9.67 Å². The molecule has 0 spiro atoms. The minimum Gasteiger partial charge on any atom is -0.507 e. The van der Waals surface area contributed by atoms with Crippen molar-refractivity contribution >= 4 is 33.9 Å². The molecule has 0 saturated carbocycles. The van der Waals surface area contributed by atoms with Crippen molar-refractivity contribution in [2.24, 2.45) is 5.10 Å². The van der Waals surface area contributed by atoms with Crippen LogP contribution in [0.25, 0.3) is 21.8 Å². The fourth-order valence-corrected chi connectivity index (χ4v) is 3.20. The zero-order valence-electron chi connectivity index (χ0n) is 14.9. The van der Waals surface area contributed by atoms with Gasteiger partial charge in [-0.05, 0) is 36.4 Å².